The van der Waals surface area contributed by atoms with Crippen molar-refractivity contribution in [1.82, 2.24) is 5.32 Å². The summed E-state index contributed by atoms with van der Waals surface area (Å²) >= 11 is 0. The summed E-state index contributed by atoms with van der Waals surface area (Å²) in [6.45, 7) is 7.23. The third-order valence-electron chi connectivity index (χ3n) is 2.16. The van der Waals surface area contributed by atoms with Crippen LogP contribution in [0.3, 0.4) is 0 Å². The Balaban J connectivity index is 3.32. The smallest absolute Gasteiger partial charge is 0.0443 e. The van der Waals surface area contributed by atoms with Crippen molar-refractivity contribution in [3.05, 3.63) is 0 Å². The van der Waals surface area contributed by atoms with Gasteiger partial charge in [-0.2, -0.15) is 0 Å². The molecule has 0 radical (unpaired) electrons. The summed E-state index contributed by atoms with van der Waals surface area (Å²) in [4.78, 5) is 0. The van der Waals surface area contributed by atoms with E-state index in [1.807, 2.05) is 0 Å². The van der Waals surface area contributed by atoms with Crippen molar-refractivity contribution in [1.29, 1.82) is 0 Å². The molecule has 0 fully saturated rings. The predicted molar refractivity (Wildman–Crippen MR) is 52.0 cm³/mol. The van der Waals surface area contributed by atoms with Gasteiger partial charge in [-0.15, -0.1) is 0 Å². The van der Waals surface area contributed by atoms with Gasteiger partial charge >= 0.3 is 0 Å². The minimum absolute atomic E-state index is 0.266. The Hall–Kier alpha value is -0.120. The quantitative estimate of drug-likeness (QED) is 0.483. The summed E-state index contributed by atoms with van der Waals surface area (Å²) in [6, 6.07) is 0. The Morgan fingerprint density at radius 1 is 1.42 bits per heavy atom. The first-order valence-corrected chi connectivity index (χ1v) is 4.74. The first-order valence-electron chi connectivity index (χ1n) is 4.74. The van der Waals surface area contributed by atoms with Crippen molar-refractivity contribution in [2.75, 3.05) is 26.2 Å². The summed E-state index contributed by atoms with van der Waals surface area (Å²) < 4.78 is 0. The maximum absolute atomic E-state index is 8.53. The van der Waals surface area contributed by atoms with Gasteiger partial charge in [-0.25, -0.2) is 0 Å². The lowest BCUT2D eigenvalue weighted by molar-refractivity contribution is 0.282. The van der Waals surface area contributed by atoms with Gasteiger partial charge in [0.05, 0.1) is 0 Å². The van der Waals surface area contributed by atoms with Crippen molar-refractivity contribution >= 4 is 0 Å². The molecule has 0 rings (SSSR count). The van der Waals surface area contributed by atoms with E-state index in [2.05, 4.69) is 19.2 Å². The van der Waals surface area contributed by atoms with Crippen LogP contribution in [0.2, 0.25) is 0 Å². The van der Waals surface area contributed by atoms with Gasteiger partial charge in [0.1, 0.15) is 0 Å². The molecule has 1 atom stereocenters. The second-order valence-electron chi connectivity index (χ2n) is 3.52. The maximum Gasteiger partial charge on any atom is 0.0443 e. The Labute approximate surface area is 75.3 Å². The van der Waals surface area contributed by atoms with Crippen LogP contribution in [0, 0.1) is 11.8 Å². The van der Waals surface area contributed by atoms with E-state index < -0.39 is 0 Å². The van der Waals surface area contributed by atoms with Gasteiger partial charge in [0.15, 0.2) is 0 Å². The van der Waals surface area contributed by atoms with Crippen LogP contribution in [-0.2, 0) is 0 Å². The van der Waals surface area contributed by atoms with Crippen molar-refractivity contribution in [3.63, 3.8) is 0 Å². The number of nitrogens with two attached hydrogens (primary N) is 1. The van der Waals surface area contributed by atoms with Gasteiger partial charge in [0.2, 0.25) is 0 Å². The van der Waals surface area contributed by atoms with E-state index in [4.69, 9.17) is 10.8 Å². The molecule has 0 aliphatic rings. The molecule has 0 aromatic carbocycles. The van der Waals surface area contributed by atoms with Crippen molar-refractivity contribution < 1.29 is 5.11 Å². The highest BCUT2D eigenvalue weighted by molar-refractivity contribution is 4.66. The number of hydrogen-bond acceptors (Lipinski definition) is 3. The van der Waals surface area contributed by atoms with E-state index in [0.29, 0.717) is 11.8 Å². The van der Waals surface area contributed by atoms with E-state index in [0.717, 1.165) is 26.1 Å². The van der Waals surface area contributed by atoms with Crippen LogP contribution in [0.5, 0.6) is 0 Å². The largest absolute Gasteiger partial charge is 0.396 e. The molecule has 0 saturated carbocycles. The molecule has 0 aromatic heterocycles. The lowest BCUT2D eigenvalue weighted by Gasteiger charge is -2.18. The van der Waals surface area contributed by atoms with E-state index in [1.165, 1.54) is 0 Å². The normalized spacial score (nSPS) is 13.8. The molecule has 4 N–H and O–H groups in total. The predicted octanol–water partition coefficient (Wildman–Crippen LogP) is 0.189. The van der Waals surface area contributed by atoms with Crippen LogP contribution in [0.25, 0.3) is 0 Å². The first kappa shape index (κ1) is 11.9. The molecule has 74 valence electrons. The van der Waals surface area contributed by atoms with Crippen LogP contribution >= 0.6 is 0 Å². The molecule has 12 heavy (non-hydrogen) atoms. The highest BCUT2D eigenvalue weighted by atomic mass is 16.3. The lowest BCUT2D eigenvalue weighted by Crippen LogP contribution is -2.32. The monoisotopic (exact) mass is 174 g/mol. The zero-order valence-corrected chi connectivity index (χ0v) is 8.21. The number of aliphatic hydroxyl groups excluding tert-OH is 1. The number of nitrogens with one attached hydrogen (secondary N) is 1. The molecule has 0 aromatic rings. The second kappa shape index (κ2) is 7.53. The van der Waals surface area contributed by atoms with E-state index in [9.17, 15) is 0 Å². The molecule has 1 unspecified atom stereocenters. The molecule has 0 amide bonds. The van der Waals surface area contributed by atoms with Crippen molar-refractivity contribution in [2.24, 2.45) is 17.6 Å². The third kappa shape index (κ3) is 5.52. The molecular formula is C9H22N2O. The molecule has 0 bridgehead atoms. The third-order valence-corrected chi connectivity index (χ3v) is 2.16. The van der Waals surface area contributed by atoms with Gasteiger partial charge in [-0.05, 0) is 37.9 Å². The Morgan fingerprint density at radius 3 is 2.50 bits per heavy atom. The summed E-state index contributed by atoms with van der Waals surface area (Å²) in [5.41, 5.74) is 5.60. The van der Waals surface area contributed by atoms with Gasteiger partial charge in [0, 0.05) is 6.61 Å². The first-order chi connectivity index (χ1) is 5.72. The van der Waals surface area contributed by atoms with E-state index >= 15 is 0 Å². The van der Waals surface area contributed by atoms with Crippen LogP contribution in [0.15, 0.2) is 0 Å². The summed E-state index contributed by atoms with van der Waals surface area (Å²) in [6.07, 6.45) is 0.829. The lowest BCUT2D eigenvalue weighted by atomic mass is 9.96. The van der Waals surface area contributed by atoms with Crippen LogP contribution in [0.4, 0.5) is 0 Å². The fourth-order valence-corrected chi connectivity index (χ4v) is 1.08. The van der Waals surface area contributed by atoms with Crippen LogP contribution < -0.4 is 11.1 Å². The summed E-state index contributed by atoms with van der Waals surface area (Å²) in [7, 11) is 0. The molecule has 0 aliphatic heterocycles. The number of aliphatic hydroxyl groups is 1. The van der Waals surface area contributed by atoms with Crippen molar-refractivity contribution in [2.45, 2.75) is 20.3 Å². The molecule has 0 aliphatic carbocycles. The second-order valence-corrected chi connectivity index (χ2v) is 3.52. The number of hydrogen-bond donors (Lipinski definition) is 3. The van der Waals surface area contributed by atoms with Gasteiger partial charge in [-0.3, -0.25) is 0 Å². The van der Waals surface area contributed by atoms with E-state index in [1.54, 1.807) is 0 Å². The minimum atomic E-state index is 0.266. The van der Waals surface area contributed by atoms with Gasteiger partial charge < -0.3 is 16.2 Å². The average Bonchev–Trinajstić information content (AvgIpc) is 2.04. The highest BCUT2D eigenvalue weighted by Gasteiger charge is 2.09. The molecule has 0 saturated heterocycles. The highest BCUT2D eigenvalue weighted by Crippen LogP contribution is 2.06. The van der Waals surface area contributed by atoms with Crippen LogP contribution in [-0.4, -0.2) is 31.3 Å². The Morgan fingerprint density at radius 2 is 2.08 bits per heavy atom. The Bertz CT molecular complexity index is 96.5. The SMILES string of the molecule is CC(C)C(CN)CNCCCO. The Kier molecular flexibility index (Phi) is 7.45. The van der Waals surface area contributed by atoms with Gasteiger partial charge in [0.25, 0.3) is 0 Å². The number of rotatable bonds is 7. The molecule has 0 heterocycles. The summed E-state index contributed by atoms with van der Waals surface area (Å²) in [5.74, 6) is 1.19. The van der Waals surface area contributed by atoms with E-state index in [-0.39, 0.29) is 6.61 Å². The fraction of sp³-hybridized carbons (Fsp3) is 1.00. The van der Waals surface area contributed by atoms with Gasteiger partial charge in [-0.1, -0.05) is 13.8 Å². The fourth-order valence-electron chi connectivity index (χ4n) is 1.08. The summed E-state index contributed by atoms with van der Waals surface area (Å²) in [5, 5.41) is 11.8. The average molecular weight is 174 g/mol. The van der Waals surface area contributed by atoms with Crippen LogP contribution in [0.1, 0.15) is 20.3 Å². The molecule has 0 spiro atoms. The zero-order valence-electron chi connectivity index (χ0n) is 8.21. The zero-order chi connectivity index (χ0) is 9.40. The standard InChI is InChI=1S/C9H22N2O/c1-8(2)9(6-10)7-11-4-3-5-12/h8-9,11-12H,3-7,10H2,1-2H3. The minimum Gasteiger partial charge on any atom is -0.396 e. The van der Waals surface area contributed by atoms with Crippen molar-refractivity contribution in [3.8, 4) is 0 Å². The molecule has 3 nitrogen and oxygen atoms in total. The molecule has 3 heteroatoms. The maximum atomic E-state index is 8.53. The molecular weight excluding hydrogens is 152 g/mol. The topological polar surface area (TPSA) is 58.3 Å².